The molecule has 2 rings (SSSR count). The Kier molecular flexibility index (Phi) is 16.7. The number of hydrogen-bond donors (Lipinski definition) is 2. The van der Waals surface area contributed by atoms with Crippen LogP contribution < -0.4 is 30.1 Å². The fraction of sp³-hybridized carbons (Fsp3) is 0.500. The van der Waals surface area contributed by atoms with Crippen LogP contribution in [0.3, 0.4) is 0 Å². The summed E-state index contributed by atoms with van der Waals surface area (Å²) in [7, 11) is -4.94. The third-order valence-corrected chi connectivity index (χ3v) is 2.36. The predicted octanol–water partition coefficient (Wildman–Crippen LogP) is -4.29. The van der Waals surface area contributed by atoms with Crippen molar-refractivity contribution in [3.05, 3.63) is 37.4 Å². The number of nitrogens with two attached hydrogens (primary N) is 2. The van der Waals surface area contributed by atoms with Crippen LogP contribution in [0.5, 0.6) is 0 Å². The number of halogens is 1. The Morgan fingerprint density at radius 3 is 1.33 bits per heavy atom. The van der Waals surface area contributed by atoms with Gasteiger partial charge in [-0.1, -0.05) is 0 Å². The second kappa shape index (κ2) is 15.7. The van der Waals surface area contributed by atoms with Crippen molar-refractivity contribution >= 4 is 0 Å². The van der Waals surface area contributed by atoms with Crippen LogP contribution in [0.4, 0.5) is 0 Å². The van der Waals surface area contributed by atoms with Gasteiger partial charge < -0.3 is 20.6 Å². The summed E-state index contributed by atoms with van der Waals surface area (Å²) in [5, 5.41) is 0. The van der Waals surface area contributed by atoms with E-state index in [0.717, 1.165) is 39.0 Å². The molecule has 4 N–H and O–H groups in total. The first-order valence-corrected chi connectivity index (χ1v) is 8.03. The van der Waals surface area contributed by atoms with Crippen molar-refractivity contribution in [3.63, 3.8) is 0 Å². The van der Waals surface area contributed by atoms with Gasteiger partial charge in [0.25, 0.3) is 0 Å². The van der Waals surface area contributed by atoms with E-state index in [-0.39, 0.29) is 22.4 Å². The molecule has 24 heavy (non-hydrogen) atoms. The second-order valence-corrected chi connectivity index (χ2v) is 5.02. The summed E-state index contributed by atoms with van der Waals surface area (Å²) in [5.41, 5.74) is 10.6. The Morgan fingerprint density at radius 1 is 0.792 bits per heavy atom. The molecule has 0 saturated heterocycles. The van der Waals surface area contributed by atoms with Gasteiger partial charge in [0, 0.05) is 37.9 Å². The maximum absolute atomic E-state index is 8.49. The Labute approximate surface area is 158 Å². The Hall–Kier alpha value is -0.790. The van der Waals surface area contributed by atoms with Crippen molar-refractivity contribution in [2.75, 3.05) is 13.1 Å². The van der Waals surface area contributed by atoms with Crippen LogP contribution in [0.15, 0.2) is 37.4 Å². The van der Waals surface area contributed by atoms with Gasteiger partial charge in [0.05, 0.1) is 12.7 Å². The average molecular weight is 458 g/mol. The van der Waals surface area contributed by atoms with Crippen molar-refractivity contribution < 1.29 is 51.3 Å². The molecule has 0 bridgehead atoms. The zero-order chi connectivity index (χ0) is 17.6. The quantitative estimate of drug-likeness (QED) is 0.409. The molecule has 0 radical (unpaired) electrons. The maximum atomic E-state index is 8.49. The van der Waals surface area contributed by atoms with Crippen molar-refractivity contribution in [2.24, 2.45) is 11.5 Å². The number of aryl methyl sites for hydroxylation is 2. The molecular formula is C12H22AgClN6O4. The number of rotatable bonds is 6. The van der Waals surface area contributed by atoms with Gasteiger partial charge in [-0.05, 0) is 25.9 Å². The van der Waals surface area contributed by atoms with E-state index in [4.69, 9.17) is 30.1 Å². The Balaban J connectivity index is 0. The summed E-state index contributed by atoms with van der Waals surface area (Å²) < 4.78 is 38.0. The third-order valence-electron chi connectivity index (χ3n) is 2.36. The number of hydrogen-bond acceptors (Lipinski definition) is 8. The van der Waals surface area contributed by atoms with E-state index in [1.807, 2.05) is 21.5 Å². The van der Waals surface area contributed by atoms with E-state index in [1.165, 1.54) is 0 Å². The number of imidazole rings is 2. The second-order valence-electron chi connectivity index (χ2n) is 4.26. The number of aromatic nitrogens is 4. The molecule has 0 spiro atoms. The minimum absolute atomic E-state index is 0. The van der Waals surface area contributed by atoms with Crippen LogP contribution in [0.2, 0.25) is 0 Å². The topological polar surface area (TPSA) is 180 Å². The molecule has 2 aromatic rings. The molecule has 12 heteroatoms. The van der Waals surface area contributed by atoms with Crippen molar-refractivity contribution in [3.8, 4) is 0 Å². The standard InChI is InChI=1S/2C6H11N3.Ag.ClHO4/c2*7-2-1-4-9-5-3-8-6-9;;2-1(3,4)5/h2*3,5-6H,1-2,4,7H2;;(H,2,3,4,5)/q;;+1;/p-1. The van der Waals surface area contributed by atoms with E-state index < -0.39 is 10.2 Å². The summed E-state index contributed by atoms with van der Waals surface area (Å²) in [6.07, 6.45) is 13.1. The van der Waals surface area contributed by atoms with Crippen LogP contribution in [-0.4, -0.2) is 32.2 Å². The van der Waals surface area contributed by atoms with E-state index in [2.05, 4.69) is 9.97 Å². The Bertz CT molecular complexity index is 422. The van der Waals surface area contributed by atoms with Gasteiger partial charge in [0.15, 0.2) is 0 Å². The molecule has 0 aliphatic carbocycles. The SMILES string of the molecule is NCCCn1ccnc1.NCCCn1ccnc1.[Ag+].[O-][Cl+3]([O-])([O-])[O-]. The van der Waals surface area contributed by atoms with Gasteiger partial charge in [-0.3, -0.25) is 0 Å². The van der Waals surface area contributed by atoms with Gasteiger partial charge in [-0.2, -0.15) is 0 Å². The normalized spacial score (nSPS) is 9.92. The van der Waals surface area contributed by atoms with Gasteiger partial charge in [0.1, 0.15) is 0 Å². The van der Waals surface area contributed by atoms with Crippen LogP contribution in [0.1, 0.15) is 12.8 Å². The van der Waals surface area contributed by atoms with E-state index in [9.17, 15) is 0 Å². The fourth-order valence-corrected chi connectivity index (χ4v) is 1.39. The summed E-state index contributed by atoms with van der Waals surface area (Å²) in [6.45, 7) is 3.46. The fourth-order valence-electron chi connectivity index (χ4n) is 1.39. The van der Waals surface area contributed by atoms with E-state index >= 15 is 0 Å². The minimum Gasteiger partial charge on any atom is -0.337 e. The molecule has 0 saturated carbocycles. The number of nitrogens with zero attached hydrogens (tertiary/aromatic N) is 4. The third kappa shape index (κ3) is 19.3. The maximum Gasteiger partial charge on any atom is 1.00 e. The molecule has 0 atom stereocenters. The first-order chi connectivity index (χ1) is 10.9. The molecule has 0 aliphatic rings. The Morgan fingerprint density at radius 2 is 1.12 bits per heavy atom. The monoisotopic (exact) mass is 456 g/mol. The molecule has 142 valence electrons. The minimum atomic E-state index is -4.94. The summed E-state index contributed by atoms with van der Waals surface area (Å²) in [5.74, 6) is 0. The van der Waals surface area contributed by atoms with Crippen LogP contribution in [0.25, 0.3) is 0 Å². The van der Waals surface area contributed by atoms with E-state index in [0.29, 0.717) is 0 Å². The predicted molar refractivity (Wildman–Crippen MR) is 71.8 cm³/mol. The molecule has 2 aromatic heterocycles. The van der Waals surface area contributed by atoms with E-state index in [1.54, 1.807) is 25.0 Å². The molecule has 0 aromatic carbocycles. The van der Waals surface area contributed by atoms with Gasteiger partial charge in [-0.15, -0.1) is 10.2 Å². The molecule has 10 nitrogen and oxygen atoms in total. The average Bonchev–Trinajstić information content (AvgIpc) is 3.15. The van der Waals surface area contributed by atoms with Crippen molar-refractivity contribution in [2.45, 2.75) is 25.9 Å². The first kappa shape index (κ1) is 25.5. The zero-order valence-electron chi connectivity index (χ0n) is 13.0. The van der Waals surface area contributed by atoms with Crippen LogP contribution in [-0.2, 0) is 35.5 Å². The summed E-state index contributed by atoms with van der Waals surface area (Å²) in [6, 6.07) is 0. The van der Waals surface area contributed by atoms with Crippen LogP contribution in [0, 0.1) is 10.2 Å². The van der Waals surface area contributed by atoms with Gasteiger partial charge in [-0.25, -0.2) is 28.6 Å². The zero-order valence-corrected chi connectivity index (χ0v) is 15.2. The summed E-state index contributed by atoms with van der Waals surface area (Å²) in [4.78, 5) is 7.79. The summed E-state index contributed by atoms with van der Waals surface area (Å²) >= 11 is 0. The molecule has 0 fully saturated rings. The van der Waals surface area contributed by atoms with Crippen molar-refractivity contribution in [1.29, 1.82) is 0 Å². The van der Waals surface area contributed by atoms with Gasteiger partial charge >= 0.3 is 22.4 Å². The molecular weight excluding hydrogens is 435 g/mol. The first-order valence-electron chi connectivity index (χ1n) is 6.80. The molecule has 2 heterocycles. The van der Waals surface area contributed by atoms with Crippen molar-refractivity contribution in [1.82, 2.24) is 19.1 Å². The largest absolute Gasteiger partial charge is 1.00 e. The van der Waals surface area contributed by atoms with Gasteiger partial charge in [0.2, 0.25) is 0 Å². The smallest absolute Gasteiger partial charge is 0.337 e. The molecule has 0 aliphatic heterocycles. The van der Waals surface area contributed by atoms with Crippen LogP contribution >= 0.6 is 0 Å². The molecule has 0 amide bonds. The molecule has 0 unspecified atom stereocenters.